The number of hydrogen-bond donors (Lipinski definition) is 2. The Kier molecular flexibility index (Phi) is 5.61. The molecule has 27 heavy (non-hydrogen) atoms. The van der Waals surface area contributed by atoms with Crippen LogP contribution in [-0.2, 0) is 0 Å². The first-order valence-electron chi connectivity index (χ1n) is 8.42. The molecular formula is C20H19FN4O2. The average Bonchev–Trinajstić information content (AvgIpc) is 2.65. The topological polar surface area (TPSA) is 76.1 Å². The van der Waals surface area contributed by atoms with Crippen molar-refractivity contribution in [2.45, 2.75) is 20.0 Å². The van der Waals surface area contributed by atoms with Gasteiger partial charge in [0.15, 0.2) is 0 Å². The van der Waals surface area contributed by atoms with E-state index in [9.17, 15) is 9.18 Å². The van der Waals surface area contributed by atoms with Gasteiger partial charge in [0.25, 0.3) is 5.91 Å². The molecule has 0 spiro atoms. The Bertz CT molecular complexity index is 895. The predicted octanol–water partition coefficient (Wildman–Crippen LogP) is 4.40. The number of carbonyl (C=O) groups excluding carboxylic acids is 1. The van der Waals surface area contributed by atoms with Crippen LogP contribution in [0.1, 0.15) is 24.2 Å². The lowest BCUT2D eigenvalue weighted by molar-refractivity contribution is 0.102. The predicted molar refractivity (Wildman–Crippen MR) is 102 cm³/mol. The van der Waals surface area contributed by atoms with E-state index in [0.717, 1.165) is 5.75 Å². The number of rotatable bonds is 6. The van der Waals surface area contributed by atoms with Crippen molar-refractivity contribution >= 4 is 23.2 Å². The summed E-state index contributed by atoms with van der Waals surface area (Å²) >= 11 is 0. The first-order valence-corrected chi connectivity index (χ1v) is 8.42. The van der Waals surface area contributed by atoms with Crippen LogP contribution >= 0.6 is 0 Å². The molecule has 1 aromatic heterocycles. The number of nitrogens with zero attached hydrogens (tertiary/aromatic N) is 2. The van der Waals surface area contributed by atoms with E-state index in [0.29, 0.717) is 22.9 Å². The number of benzene rings is 2. The average molecular weight is 366 g/mol. The van der Waals surface area contributed by atoms with Gasteiger partial charge in [0.2, 0.25) is 5.95 Å². The van der Waals surface area contributed by atoms with Crippen molar-refractivity contribution in [2.24, 2.45) is 0 Å². The molecule has 0 saturated heterocycles. The van der Waals surface area contributed by atoms with Gasteiger partial charge in [0.05, 0.1) is 11.7 Å². The van der Waals surface area contributed by atoms with Crippen LogP contribution < -0.4 is 15.4 Å². The van der Waals surface area contributed by atoms with Crippen LogP contribution in [0.25, 0.3) is 0 Å². The number of carbonyl (C=O) groups is 1. The molecule has 7 heteroatoms. The van der Waals surface area contributed by atoms with Gasteiger partial charge in [-0.05, 0) is 62.4 Å². The molecule has 0 aliphatic heterocycles. The van der Waals surface area contributed by atoms with Gasteiger partial charge in [-0.25, -0.2) is 14.4 Å². The molecule has 2 N–H and O–H groups in total. The second-order valence-corrected chi connectivity index (χ2v) is 6.07. The summed E-state index contributed by atoms with van der Waals surface area (Å²) in [5.41, 5.74) is 1.61. The monoisotopic (exact) mass is 366 g/mol. The lowest BCUT2D eigenvalue weighted by atomic mass is 10.2. The molecule has 0 unspecified atom stereocenters. The van der Waals surface area contributed by atoms with Gasteiger partial charge >= 0.3 is 0 Å². The molecule has 0 fully saturated rings. The number of hydrogen-bond acceptors (Lipinski definition) is 5. The summed E-state index contributed by atoms with van der Waals surface area (Å²) < 4.78 is 18.5. The van der Waals surface area contributed by atoms with E-state index in [-0.39, 0.29) is 17.8 Å². The summed E-state index contributed by atoms with van der Waals surface area (Å²) in [4.78, 5) is 20.5. The molecule has 1 amide bonds. The van der Waals surface area contributed by atoms with Crippen molar-refractivity contribution < 1.29 is 13.9 Å². The Morgan fingerprint density at radius 2 is 1.56 bits per heavy atom. The second-order valence-electron chi connectivity index (χ2n) is 6.07. The van der Waals surface area contributed by atoms with E-state index in [1.807, 2.05) is 13.8 Å². The summed E-state index contributed by atoms with van der Waals surface area (Å²) in [5, 5.41) is 5.71. The first kappa shape index (κ1) is 18.3. The third-order valence-electron chi connectivity index (χ3n) is 3.50. The molecule has 0 radical (unpaired) electrons. The molecule has 0 atom stereocenters. The highest BCUT2D eigenvalue weighted by molar-refractivity contribution is 6.03. The molecule has 3 rings (SSSR count). The maximum atomic E-state index is 12.9. The maximum Gasteiger partial charge on any atom is 0.258 e. The summed E-state index contributed by atoms with van der Waals surface area (Å²) in [6.45, 7) is 3.90. The van der Waals surface area contributed by atoms with Crippen LogP contribution in [0, 0.1) is 5.82 Å². The number of anilines is 3. The van der Waals surface area contributed by atoms with E-state index < -0.39 is 0 Å². The minimum Gasteiger partial charge on any atom is -0.491 e. The Morgan fingerprint density at radius 3 is 2.15 bits per heavy atom. The SMILES string of the molecule is CC(C)Oc1ccc(NC(=O)c2cnc(Nc3ccc(F)cc3)nc2)cc1. The van der Waals surface area contributed by atoms with Gasteiger partial charge in [-0.1, -0.05) is 0 Å². The van der Waals surface area contributed by atoms with E-state index in [4.69, 9.17) is 4.74 Å². The zero-order chi connectivity index (χ0) is 19.2. The minimum atomic E-state index is -0.322. The Hall–Kier alpha value is -3.48. The highest BCUT2D eigenvalue weighted by Gasteiger charge is 2.08. The smallest absolute Gasteiger partial charge is 0.258 e. The van der Waals surface area contributed by atoms with Crippen LogP contribution in [0.4, 0.5) is 21.7 Å². The molecule has 138 valence electrons. The van der Waals surface area contributed by atoms with E-state index in [2.05, 4.69) is 20.6 Å². The molecule has 0 aliphatic rings. The Balaban J connectivity index is 1.60. The molecule has 6 nitrogen and oxygen atoms in total. The highest BCUT2D eigenvalue weighted by atomic mass is 19.1. The van der Waals surface area contributed by atoms with Gasteiger partial charge in [-0.2, -0.15) is 0 Å². The molecule has 3 aromatic rings. The molecule has 0 aliphatic carbocycles. The fourth-order valence-electron chi connectivity index (χ4n) is 2.26. The third kappa shape index (κ3) is 5.24. The fourth-order valence-corrected chi connectivity index (χ4v) is 2.26. The Labute approximate surface area is 156 Å². The lowest BCUT2D eigenvalue weighted by Gasteiger charge is -2.10. The van der Waals surface area contributed by atoms with Crippen molar-refractivity contribution in [3.8, 4) is 5.75 Å². The van der Waals surface area contributed by atoms with Crippen LogP contribution in [-0.4, -0.2) is 22.0 Å². The molecule has 1 heterocycles. The summed E-state index contributed by atoms with van der Waals surface area (Å²) in [5.74, 6) is 0.411. The third-order valence-corrected chi connectivity index (χ3v) is 3.50. The number of halogens is 1. The van der Waals surface area contributed by atoms with Crippen LogP contribution in [0.15, 0.2) is 60.9 Å². The van der Waals surface area contributed by atoms with Gasteiger partial charge in [0.1, 0.15) is 11.6 Å². The van der Waals surface area contributed by atoms with Gasteiger partial charge in [0, 0.05) is 23.8 Å². The van der Waals surface area contributed by atoms with Crippen molar-refractivity contribution in [3.63, 3.8) is 0 Å². The van der Waals surface area contributed by atoms with Crippen molar-refractivity contribution in [3.05, 3.63) is 72.3 Å². The Morgan fingerprint density at radius 1 is 0.963 bits per heavy atom. The fraction of sp³-hybridized carbons (Fsp3) is 0.150. The van der Waals surface area contributed by atoms with Gasteiger partial charge in [-0.3, -0.25) is 4.79 Å². The number of nitrogens with one attached hydrogen (secondary N) is 2. The van der Waals surface area contributed by atoms with Crippen molar-refractivity contribution in [1.29, 1.82) is 0 Å². The lowest BCUT2D eigenvalue weighted by Crippen LogP contribution is -2.13. The zero-order valence-electron chi connectivity index (χ0n) is 14.9. The van der Waals surface area contributed by atoms with Gasteiger partial charge in [-0.15, -0.1) is 0 Å². The second kappa shape index (κ2) is 8.27. The number of ether oxygens (including phenoxy) is 1. The van der Waals surface area contributed by atoms with E-state index >= 15 is 0 Å². The van der Waals surface area contributed by atoms with E-state index in [1.165, 1.54) is 24.5 Å². The standard InChI is InChI=1S/C20H19FN4O2/c1-13(2)27-18-9-7-16(8-10-18)24-19(26)14-11-22-20(23-12-14)25-17-5-3-15(21)4-6-17/h3-13H,1-2H3,(H,24,26)(H,22,23,25). The maximum absolute atomic E-state index is 12.9. The number of amides is 1. The highest BCUT2D eigenvalue weighted by Crippen LogP contribution is 2.18. The normalized spacial score (nSPS) is 10.5. The summed E-state index contributed by atoms with van der Waals surface area (Å²) in [6.07, 6.45) is 2.93. The van der Waals surface area contributed by atoms with Crippen molar-refractivity contribution in [2.75, 3.05) is 10.6 Å². The molecule has 0 saturated carbocycles. The quantitative estimate of drug-likeness (QED) is 0.676. The van der Waals surface area contributed by atoms with Crippen LogP contribution in [0.3, 0.4) is 0 Å². The largest absolute Gasteiger partial charge is 0.491 e. The summed E-state index contributed by atoms with van der Waals surface area (Å²) in [6, 6.07) is 12.9. The zero-order valence-corrected chi connectivity index (χ0v) is 14.9. The summed E-state index contributed by atoms with van der Waals surface area (Å²) in [7, 11) is 0. The number of aromatic nitrogens is 2. The van der Waals surface area contributed by atoms with Crippen LogP contribution in [0.5, 0.6) is 5.75 Å². The van der Waals surface area contributed by atoms with Crippen LogP contribution in [0.2, 0.25) is 0 Å². The first-order chi connectivity index (χ1) is 13.0. The van der Waals surface area contributed by atoms with Crippen molar-refractivity contribution in [1.82, 2.24) is 9.97 Å². The molecular weight excluding hydrogens is 347 g/mol. The molecule has 2 aromatic carbocycles. The minimum absolute atomic E-state index is 0.0876. The molecule has 0 bridgehead atoms. The van der Waals surface area contributed by atoms with E-state index in [1.54, 1.807) is 36.4 Å². The van der Waals surface area contributed by atoms with Gasteiger partial charge < -0.3 is 15.4 Å².